The fourth-order valence-electron chi connectivity index (χ4n) is 2.03. The number of hydrogen-bond acceptors (Lipinski definition) is 3. The Morgan fingerprint density at radius 2 is 1.74 bits per heavy atom. The fourth-order valence-corrected chi connectivity index (χ4v) is 2.03. The Balaban J connectivity index is 2.16. The number of nitrogens with zero attached hydrogens (tertiary/aromatic N) is 3. The maximum Gasteiger partial charge on any atom is 0.155 e. The van der Waals surface area contributed by atoms with Gasteiger partial charge in [-0.25, -0.2) is 4.98 Å². The van der Waals surface area contributed by atoms with E-state index in [1.165, 1.54) is 0 Å². The summed E-state index contributed by atoms with van der Waals surface area (Å²) in [7, 11) is 0. The third-order valence-electron chi connectivity index (χ3n) is 3.08. The van der Waals surface area contributed by atoms with Gasteiger partial charge < -0.3 is 5.73 Å². The second kappa shape index (κ2) is 4.57. The van der Waals surface area contributed by atoms with Gasteiger partial charge in [0.1, 0.15) is 5.82 Å². The minimum Gasteiger partial charge on any atom is -0.383 e. The van der Waals surface area contributed by atoms with Crippen LogP contribution >= 0.6 is 0 Å². The van der Waals surface area contributed by atoms with Gasteiger partial charge in [0.2, 0.25) is 0 Å². The van der Waals surface area contributed by atoms with E-state index in [1.807, 2.05) is 55.5 Å². The summed E-state index contributed by atoms with van der Waals surface area (Å²) in [5.41, 5.74) is 9.05. The molecule has 0 fully saturated rings. The van der Waals surface area contributed by atoms with E-state index in [0.717, 1.165) is 22.6 Å². The lowest BCUT2D eigenvalue weighted by atomic mass is 10.1. The average Bonchev–Trinajstić information content (AvgIpc) is 2.77. The van der Waals surface area contributed by atoms with Crippen LogP contribution in [-0.4, -0.2) is 14.8 Å². The third-order valence-corrected chi connectivity index (χ3v) is 3.08. The van der Waals surface area contributed by atoms with Crippen LogP contribution in [-0.2, 0) is 0 Å². The minimum atomic E-state index is 0.623. The molecule has 1 aromatic carbocycles. The Bertz CT molecular complexity index is 627. The van der Waals surface area contributed by atoms with Crippen molar-refractivity contribution >= 4 is 5.82 Å². The summed E-state index contributed by atoms with van der Waals surface area (Å²) in [5, 5.41) is 4.58. The van der Waals surface area contributed by atoms with Gasteiger partial charge in [-0.15, -0.1) is 0 Å². The lowest BCUT2D eigenvalue weighted by molar-refractivity contribution is 0.860. The van der Waals surface area contributed by atoms with Gasteiger partial charge in [-0.3, -0.25) is 0 Å². The van der Waals surface area contributed by atoms with Crippen molar-refractivity contribution in [3.05, 3.63) is 60.3 Å². The zero-order valence-corrected chi connectivity index (χ0v) is 10.6. The van der Waals surface area contributed by atoms with Crippen molar-refractivity contribution in [2.24, 2.45) is 0 Å². The minimum absolute atomic E-state index is 0.623. The highest BCUT2D eigenvalue weighted by Crippen LogP contribution is 2.27. The van der Waals surface area contributed by atoms with Gasteiger partial charge in [0.05, 0.1) is 5.69 Å². The molecule has 0 saturated carbocycles. The quantitative estimate of drug-likeness (QED) is 0.760. The topological polar surface area (TPSA) is 56.7 Å². The molecule has 4 nitrogen and oxygen atoms in total. The first-order chi connectivity index (χ1) is 9.27. The maximum absolute atomic E-state index is 6.13. The van der Waals surface area contributed by atoms with E-state index in [9.17, 15) is 0 Å². The van der Waals surface area contributed by atoms with Crippen molar-refractivity contribution in [1.82, 2.24) is 14.8 Å². The highest BCUT2D eigenvalue weighted by Gasteiger charge is 2.14. The molecular weight excluding hydrogens is 236 g/mol. The maximum atomic E-state index is 6.13. The van der Waals surface area contributed by atoms with E-state index in [-0.39, 0.29) is 0 Å². The van der Waals surface area contributed by atoms with Crippen LogP contribution in [0.1, 0.15) is 5.56 Å². The highest BCUT2D eigenvalue weighted by atomic mass is 15.3. The number of nitrogens with two attached hydrogens (primary N) is 1. The molecule has 0 atom stereocenters. The van der Waals surface area contributed by atoms with Crippen LogP contribution in [0.15, 0.2) is 54.7 Å². The van der Waals surface area contributed by atoms with Crippen LogP contribution in [0.3, 0.4) is 0 Å². The predicted molar refractivity (Wildman–Crippen MR) is 75.9 cm³/mol. The molecule has 2 aromatic heterocycles. The normalized spacial score (nSPS) is 10.6. The first-order valence-corrected chi connectivity index (χ1v) is 6.09. The summed E-state index contributed by atoms with van der Waals surface area (Å²) in [5.74, 6) is 1.35. The Hall–Kier alpha value is -2.62. The molecular formula is C15H14N4. The molecule has 3 aromatic rings. The molecule has 94 valence electrons. The molecule has 0 aliphatic carbocycles. The van der Waals surface area contributed by atoms with E-state index in [0.29, 0.717) is 5.82 Å². The van der Waals surface area contributed by atoms with Gasteiger partial charge in [-0.2, -0.15) is 9.78 Å². The van der Waals surface area contributed by atoms with Crippen molar-refractivity contribution < 1.29 is 0 Å². The van der Waals surface area contributed by atoms with E-state index in [2.05, 4.69) is 10.1 Å². The number of rotatable bonds is 2. The predicted octanol–water partition coefficient (Wildman–Crippen LogP) is 2.82. The van der Waals surface area contributed by atoms with Gasteiger partial charge in [-0.05, 0) is 19.1 Å². The molecule has 2 heterocycles. The van der Waals surface area contributed by atoms with E-state index < -0.39 is 0 Å². The largest absolute Gasteiger partial charge is 0.383 e. The molecule has 0 aliphatic rings. The molecule has 0 saturated heterocycles. The molecule has 0 amide bonds. The monoisotopic (exact) mass is 250 g/mol. The lowest BCUT2D eigenvalue weighted by Gasteiger charge is -2.01. The zero-order valence-electron chi connectivity index (χ0n) is 10.6. The number of aromatic nitrogens is 3. The number of benzene rings is 1. The molecule has 0 spiro atoms. The number of hydrogen-bond donors (Lipinski definition) is 1. The molecule has 0 bridgehead atoms. The van der Waals surface area contributed by atoms with E-state index in [1.54, 1.807) is 10.9 Å². The summed E-state index contributed by atoms with van der Waals surface area (Å²) in [6.07, 6.45) is 1.73. The number of nitrogen functional groups attached to an aromatic ring is 1. The molecule has 4 heteroatoms. The third kappa shape index (κ3) is 1.97. The Morgan fingerprint density at radius 1 is 1.00 bits per heavy atom. The Kier molecular flexibility index (Phi) is 2.76. The number of pyridine rings is 1. The molecule has 2 N–H and O–H groups in total. The standard InChI is InChI=1S/C15H14N4/c1-11-14(12-7-3-2-4-8-12)18-19(15(11)16)13-9-5-6-10-17-13/h2-10H,16H2,1H3. The molecule has 3 rings (SSSR count). The molecule has 0 unspecified atom stereocenters. The van der Waals surface area contributed by atoms with Gasteiger partial charge in [-0.1, -0.05) is 36.4 Å². The summed E-state index contributed by atoms with van der Waals surface area (Å²) in [6, 6.07) is 15.7. The summed E-state index contributed by atoms with van der Waals surface area (Å²) < 4.78 is 1.68. The van der Waals surface area contributed by atoms with Crippen LogP contribution in [0.4, 0.5) is 5.82 Å². The van der Waals surface area contributed by atoms with Crippen molar-refractivity contribution in [3.63, 3.8) is 0 Å². The highest BCUT2D eigenvalue weighted by molar-refractivity contribution is 5.68. The summed E-state index contributed by atoms with van der Waals surface area (Å²) >= 11 is 0. The molecule has 19 heavy (non-hydrogen) atoms. The first kappa shape index (κ1) is 11.5. The molecule has 0 radical (unpaired) electrons. The fraction of sp³-hybridized carbons (Fsp3) is 0.0667. The van der Waals surface area contributed by atoms with Crippen molar-refractivity contribution in [2.75, 3.05) is 5.73 Å². The van der Waals surface area contributed by atoms with Gasteiger partial charge in [0.15, 0.2) is 5.82 Å². The summed E-state index contributed by atoms with van der Waals surface area (Å²) in [6.45, 7) is 1.98. The van der Waals surface area contributed by atoms with Crippen molar-refractivity contribution in [3.8, 4) is 17.1 Å². The zero-order chi connectivity index (χ0) is 13.2. The average molecular weight is 250 g/mol. The van der Waals surface area contributed by atoms with Crippen LogP contribution in [0.5, 0.6) is 0 Å². The van der Waals surface area contributed by atoms with Gasteiger partial charge in [0, 0.05) is 17.3 Å². The Labute approximate surface area is 111 Å². The SMILES string of the molecule is Cc1c(-c2ccccc2)nn(-c2ccccn2)c1N. The van der Waals surface area contributed by atoms with Crippen LogP contribution < -0.4 is 5.73 Å². The van der Waals surface area contributed by atoms with E-state index >= 15 is 0 Å². The van der Waals surface area contributed by atoms with E-state index in [4.69, 9.17) is 5.73 Å². The van der Waals surface area contributed by atoms with Gasteiger partial charge in [0.25, 0.3) is 0 Å². The van der Waals surface area contributed by atoms with Crippen molar-refractivity contribution in [1.29, 1.82) is 0 Å². The summed E-state index contributed by atoms with van der Waals surface area (Å²) in [4.78, 5) is 4.28. The van der Waals surface area contributed by atoms with Crippen LogP contribution in [0, 0.1) is 6.92 Å². The molecule has 0 aliphatic heterocycles. The van der Waals surface area contributed by atoms with Crippen LogP contribution in [0.25, 0.3) is 17.1 Å². The Morgan fingerprint density at radius 3 is 2.42 bits per heavy atom. The smallest absolute Gasteiger partial charge is 0.155 e. The van der Waals surface area contributed by atoms with Crippen LogP contribution in [0.2, 0.25) is 0 Å². The second-order valence-corrected chi connectivity index (χ2v) is 4.32. The number of anilines is 1. The second-order valence-electron chi connectivity index (χ2n) is 4.32. The first-order valence-electron chi connectivity index (χ1n) is 6.09. The van der Waals surface area contributed by atoms with Crippen molar-refractivity contribution in [2.45, 2.75) is 6.92 Å². The lowest BCUT2D eigenvalue weighted by Crippen LogP contribution is -2.03. The van der Waals surface area contributed by atoms with Gasteiger partial charge >= 0.3 is 0 Å².